The van der Waals surface area contributed by atoms with Crippen molar-refractivity contribution in [3.8, 4) is 5.75 Å². The van der Waals surface area contributed by atoms with Gasteiger partial charge in [0.05, 0.1) is 19.3 Å². The summed E-state index contributed by atoms with van der Waals surface area (Å²) in [5.74, 6) is -3.90. The predicted octanol–water partition coefficient (Wildman–Crippen LogP) is -1.67. The van der Waals surface area contributed by atoms with Crippen LogP contribution in [0.5, 0.6) is 5.75 Å². The Morgan fingerprint density at radius 3 is 2.60 bits per heavy atom. The summed E-state index contributed by atoms with van der Waals surface area (Å²) in [7, 11) is 1.44. The molecule has 0 saturated carbocycles. The molecule has 2 rings (SSSR count). The maximum absolute atomic E-state index is 11.6. The lowest BCUT2D eigenvalue weighted by Gasteiger charge is -2.45. The third kappa shape index (κ3) is 3.82. The van der Waals surface area contributed by atoms with E-state index in [1.807, 2.05) is 0 Å². The molecule has 9 nitrogen and oxygen atoms in total. The van der Waals surface area contributed by atoms with Crippen molar-refractivity contribution in [2.24, 2.45) is 0 Å². The van der Waals surface area contributed by atoms with Crippen molar-refractivity contribution >= 4 is 12.0 Å². The Bertz CT molecular complexity index is 651. The zero-order chi connectivity index (χ0) is 18.8. The van der Waals surface area contributed by atoms with Crippen LogP contribution >= 0.6 is 0 Å². The molecule has 1 aromatic rings. The highest BCUT2D eigenvalue weighted by molar-refractivity contribution is 5.93. The molecule has 1 unspecified atom stereocenters. The first-order valence-corrected chi connectivity index (χ1v) is 7.38. The molecule has 0 spiro atoms. The molecule has 0 radical (unpaired) electrons. The van der Waals surface area contributed by atoms with Crippen LogP contribution in [0.25, 0.3) is 6.08 Å². The van der Waals surface area contributed by atoms with Crippen LogP contribution in [-0.2, 0) is 9.53 Å². The molecule has 0 amide bonds. The molecule has 25 heavy (non-hydrogen) atoms. The fraction of sp³-hybridized carbons (Fsp3) is 0.438. The molecule has 1 aromatic carbocycles. The van der Waals surface area contributed by atoms with Crippen molar-refractivity contribution in [1.82, 2.24) is 0 Å². The van der Waals surface area contributed by atoms with E-state index in [0.717, 1.165) is 0 Å². The molecular formula is C16H20O9. The molecule has 1 aliphatic heterocycles. The number of rotatable bonds is 5. The average Bonchev–Trinajstić information content (AvgIpc) is 2.58. The Morgan fingerprint density at radius 2 is 2.04 bits per heavy atom. The maximum atomic E-state index is 11.6. The van der Waals surface area contributed by atoms with Crippen LogP contribution in [0.1, 0.15) is 5.56 Å². The summed E-state index contributed by atoms with van der Waals surface area (Å²) in [6.45, 7) is -0.903. The van der Waals surface area contributed by atoms with Gasteiger partial charge in [0.15, 0.2) is 0 Å². The number of aliphatic carboxylic acids is 1. The molecule has 0 bridgehead atoms. The van der Waals surface area contributed by atoms with Gasteiger partial charge in [0, 0.05) is 0 Å². The van der Waals surface area contributed by atoms with Crippen molar-refractivity contribution in [2.45, 2.75) is 30.2 Å². The second-order valence-electron chi connectivity index (χ2n) is 5.63. The SMILES string of the molecule is COc1cccc(C=C(C(=O)O)C2O[C@H](CO)C(O)(O)[C@H](O)[C@H]2O)c1. The van der Waals surface area contributed by atoms with Gasteiger partial charge >= 0.3 is 5.97 Å². The van der Waals surface area contributed by atoms with Crippen LogP contribution in [0.2, 0.25) is 0 Å². The standard InChI is InChI=1S/C16H20O9/c1-24-9-4-2-3-8(5-9)6-10(15(20)21)13-12(18)14(19)16(22,23)11(7-17)25-13/h2-6,11-14,17-19,22-23H,7H2,1H3,(H,20,21)/t11-,12+,13?,14-/m1/s1. The van der Waals surface area contributed by atoms with Gasteiger partial charge in [-0.15, -0.1) is 0 Å². The minimum Gasteiger partial charge on any atom is -0.497 e. The maximum Gasteiger partial charge on any atom is 0.334 e. The summed E-state index contributed by atoms with van der Waals surface area (Å²) in [4.78, 5) is 11.6. The van der Waals surface area contributed by atoms with Crippen LogP contribution in [0.15, 0.2) is 29.8 Å². The van der Waals surface area contributed by atoms with Gasteiger partial charge in [-0.05, 0) is 23.8 Å². The van der Waals surface area contributed by atoms with E-state index in [1.54, 1.807) is 24.3 Å². The predicted molar refractivity (Wildman–Crippen MR) is 83.5 cm³/mol. The lowest BCUT2D eigenvalue weighted by molar-refractivity contribution is -0.347. The van der Waals surface area contributed by atoms with Crippen molar-refractivity contribution in [1.29, 1.82) is 0 Å². The molecule has 0 aromatic heterocycles. The first kappa shape index (κ1) is 19.3. The smallest absolute Gasteiger partial charge is 0.334 e. The molecule has 9 heteroatoms. The van der Waals surface area contributed by atoms with Crippen molar-refractivity contribution in [3.05, 3.63) is 35.4 Å². The van der Waals surface area contributed by atoms with E-state index in [-0.39, 0.29) is 0 Å². The molecule has 6 N–H and O–H groups in total. The third-order valence-corrected chi connectivity index (χ3v) is 3.99. The summed E-state index contributed by atoms with van der Waals surface area (Å²) in [6, 6.07) is 6.41. The summed E-state index contributed by atoms with van der Waals surface area (Å²) in [5, 5.41) is 58.1. The fourth-order valence-corrected chi connectivity index (χ4v) is 2.58. The van der Waals surface area contributed by atoms with Crippen LogP contribution in [-0.4, -0.2) is 80.5 Å². The van der Waals surface area contributed by atoms with E-state index in [4.69, 9.17) is 9.47 Å². The number of hydrogen-bond donors (Lipinski definition) is 6. The number of carboxylic acid groups (broad SMARTS) is 1. The van der Waals surface area contributed by atoms with Gasteiger partial charge < -0.3 is 40.1 Å². The number of methoxy groups -OCH3 is 1. The Labute approximate surface area is 143 Å². The molecule has 1 heterocycles. The number of benzene rings is 1. The highest BCUT2D eigenvalue weighted by Crippen LogP contribution is 2.32. The van der Waals surface area contributed by atoms with Crippen LogP contribution in [0.4, 0.5) is 0 Å². The second-order valence-corrected chi connectivity index (χ2v) is 5.63. The van der Waals surface area contributed by atoms with Crippen molar-refractivity contribution < 1.29 is 44.9 Å². The summed E-state index contributed by atoms with van der Waals surface area (Å²) in [6.07, 6.45) is -6.18. The zero-order valence-electron chi connectivity index (χ0n) is 13.3. The number of aliphatic hydroxyl groups is 5. The van der Waals surface area contributed by atoms with E-state index in [1.165, 1.54) is 13.2 Å². The summed E-state index contributed by atoms with van der Waals surface area (Å²) >= 11 is 0. The first-order valence-electron chi connectivity index (χ1n) is 7.38. The highest BCUT2D eigenvalue weighted by Gasteiger charge is 2.55. The van der Waals surface area contributed by atoms with E-state index in [9.17, 15) is 35.4 Å². The molecule has 4 atom stereocenters. The van der Waals surface area contributed by atoms with Gasteiger partial charge in [-0.2, -0.15) is 0 Å². The summed E-state index contributed by atoms with van der Waals surface area (Å²) < 4.78 is 10.2. The number of hydrogen-bond acceptors (Lipinski definition) is 8. The first-order chi connectivity index (χ1) is 11.7. The topological polar surface area (TPSA) is 157 Å². The van der Waals surface area contributed by atoms with Gasteiger partial charge in [0.2, 0.25) is 5.79 Å². The number of carbonyl (C=O) groups is 1. The third-order valence-electron chi connectivity index (χ3n) is 3.99. The highest BCUT2D eigenvalue weighted by atomic mass is 16.6. The average molecular weight is 356 g/mol. The Hall–Kier alpha value is -2.01. The van der Waals surface area contributed by atoms with Crippen molar-refractivity contribution in [2.75, 3.05) is 13.7 Å². The number of ether oxygens (including phenoxy) is 2. The Morgan fingerprint density at radius 1 is 1.36 bits per heavy atom. The number of carboxylic acids is 1. The Kier molecular flexibility index (Phi) is 5.78. The van der Waals surface area contributed by atoms with Gasteiger partial charge in [-0.25, -0.2) is 4.79 Å². The monoisotopic (exact) mass is 356 g/mol. The summed E-state index contributed by atoms with van der Waals surface area (Å²) in [5.41, 5.74) is -0.0128. The molecular weight excluding hydrogens is 336 g/mol. The minimum absolute atomic E-state index is 0.424. The normalized spacial score (nSPS) is 29.3. The van der Waals surface area contributed by atoms with E-state index in [2.05, 4.69) is 0 Å². The lowest BCUT2D eigenvalue weighted by Crippen LogP contribution is -2.67. The van der Waals surface area contributed by atoms with E-state index in [0.29, 0.717) is 11.3 Å². The largest absolute Gasteiger partial charge is 0.497 e. The van der Waals surface area contributed by atoms with E-state index >= 15 is 0 Å². The zero-order valence-corrected chi connectivity index (χ0v) is 13.3. The molecule has 1 fully saturated rings. The molecule has 0 aliphatic carbocycles. The number of aliphatic hydroxyl groups excluding tert-OH is 3. The van der Waals surface area contributed by atoms with Crippen LogP contribution < -0.4 is 4.74 Å². The van der Waals surface area contributed by atoms with E-state index < -0.39 is 48.4 Å². The minimum atomic E-state index is -2.93. The van der Waals surface area contributed by atoms with Crippen molar-refractivity contribution in [3.63, 3.8) is 0 Å². The van der Waals surface area contributed by atoms with Gasteiger partial charge in [-0.1, -0.05) is 12.1 Å². The quantitative estimate of drug-likeness (QED) is 0.268. The fourth-order valence-electron chi connectivity index (χ4n) is 2.58. The lowest BCUT2D eigenvalue weighted by atomic mass is 9.88. The van der Waals surface area contributed by atoms with Crippen LogP contribution in [0.3, 0.4) is 0 Å². The Balaban J connectivity index is 2.42. The van der Waals surface area contributed by atoms with Gasteiger partial charge in [-0.3, -0.25) is 0 Å². The second kappa shape index (κ2) is 7.48. The van der Waals surface area contributed by atoms with Gasteiger partial charge in [0.1, 0.15) is 30.2 Å². The molecule has 138 valence electrons. The van der Waals surface area contributed by atoms with Gasteiger partial charge in [0.25, 0.3) is 0 Å². The molecule has 1 aliphatic rings. The molecule has 1 saturated heterocycles. The van der Waals surface area contributed by atoms with Crippen LogP contribution in [0, 0.1) is 0 Å².